The number of anilines is 2. The molecule has 1 aliphatic heterocycles. The summed E-state index contributed by atoms with van der Waals surface area (Å²) in [6.45, 7) is 0.872. The molecule has 0 aliphatic carbocycles. The van der Waals surface area contributed by atoms with E-state index in [4.69, 9.17) is 4.74 Å². The normalized spacial score (nSPS) is 12.8. The second kappa shape index (κ2) is 10.4. The topological polar surface area (TPSA) is 108 Å². The van der Waals surface area contributed by atoms with Gasteiger partial charge in [0.05, 0.1) is 17.9 Å². The number of carbonyl (C=O) groups is 4. The number of nitrogens with one attached hydrogen (secondary N) is 2. The zero-order valence-corrected chi connectivity index (χ0v) is 16.2. The number of nitrogens with zero attached hydrogens (tertiary/aromatic N) is 2. The molecule has 1 aliphatic rings. The molecule has 0 unspecified atom stereocenters. The van der Waals surface area contributed by atoms with Crippen molar-refractivity contribution >= 4 is 35.0 Å². The fourth-order valence-corrected chi connectivity index (χ4v) is 2.80. The number of ether oxygens (including phenoxy) is 1. The van der Waals surface area contributed by atoms with E-state index in [1.165, 1.54) is 16.8 Å². The van der Waals surface area contributed by atoms with E-state index in [1.54, 1.807) is 31.4 Å². The molecule has 0 atom stereocenters. The van der Waals surface area contributed by atoms with Crippen molar-refractivity contribution in [3.05, 3.63) is 24.3 Å². The SMILES string of the molecule is COCCCNC(=O)CN(C)C(=O)CCC(=O)N1CC(=O)Nc2ccccc21. The number of fused-ring (bicyclic) bond motifs is 1. The summed E-state index contributed by atoms with van der Waals surface area (Å²) in [5.74, 6) is -1.16. The third-order valence-electron chi connectivity index (χ3n) is 4.28. The number of rotatable bonds is 9. The highest BCUT2D eigenvalue weighted by atomic mass is 16.5. The number of carbonyl (C=O) groups excluding carboxylic acids is 4. The average molecular weight is 390 g/mol. The first kappa shape index (κ1) is 21.4. The van der Waals surface area contributed by atoms with Crippen molar-refractivity contribution in [2.24, 2.45) is 0 Å². The molecule has 1 heterocycles. The van der Waals surface area contributed by atoms with Gasteiger partial charge in [0.15, 0.2) is 0 Å². The Hall–Kier alpha value is -2.94. The minimum atomic E-state index is -0.312. The number of para-hydroxylation sites is 2. The minimum absolute atomic E-state index is 0.0351. The molecule has 1 aromatic carbocycles. The third-order valence-corrected chi connectivity index (χ3v) is 4.28. The van der Waals surface area contributed by atoms with Crippen molar-refractivity contribution in [2.75, 3.05) is 50.6 Å². The number of methoxy groups -OCH3 is 1. The van der Waals surface area contributed by atoms with Gasteiger partial charge in [-0.2, -0.15) is 0 Å². The molecule has 2 N–H and O–H groups in total. The fourth-order valence-electron chi connectivity index (χ4n) is 2.80. The number of hydrogen-bond acceptors (Lipinski definition) is 5. The van der Waals surface area contributed by atoms with Gasteiger partial charge in [-0.05, 0) is 18.6 Å². The summed E-state index contributed by atoms with van der Waals surface area (Å²) in [6.07, 6.45) is 0.617. The minimum Gasteiger partial charge on any atom is -0.385 e. The maximum atomic E-state index is 12.5. The molecule has 0 saturated heterocycles. The second-order valence-electron chi connectivity index (χ2n) is 6.49. The van der Waals surface area contributed by atoms with Crippen molar-refractivity contribution in [2.45, 2.75) is 19.3 Å². The van der Waals surface area contributed by atoms with Crippen molar-refractivity contribution in [1.82, 2.24) is 10.2 Å². The summed E-state index contributed by atoms with van der Waals surface area (Å²) >= 11 is 0. The van der Waals surface area contributed by atoms with E-state index in [2.05, 4.69) is 10.6 Å². The van der Waals surface area contributed by atoms with Crippen LogP contribution in [0.4, 0.5) is 11.4 Å². The first-order valence-corrected chi connectivity index (χ1v) is 9.11. The fraction of sp³-hybridized carbons (Fsp3) is 0.474. The Labute approximate surface area is 164 Å². The lowest BCUT2D eigenvalue weighted by Gasteiger charge is -2.29. The molecule has 0 aromatic heterocycles. The molecular weight excluding hydrogens is 364 g/mol. The van der Waals surface area contributed by atoms with Crippen molar-refractivity contribution < 1.29 is 23.9 Å². The van der Waals surface area contributed by atoms with Gasteiger partial charge in [-0.25, -0.2) is 0 Å². The predicted molar refractivity (Wildman–Crippen MR) is 104 cm³/mol. The molecular formula is C19H26N4O5. The van der Waals surface area contributed by atoms with Crippen LogP contribution >= 0.6 is 0 Å². The molecule has 152 valence electrons. The molecule has 9 nitrogen and oxygen atoms in total. The quantitative estimate of drug-likeness (QED) is 0.592. The maximum Gasteiger partial charge on any atom is 0.244 e. The van der Waals surface area contributed by atoms with E-state index < -0.39 is 0 Å². The van der Waals surface area contributed by atoms with Crippen LogP contribution in [0.15, 0.2) is 24.3 Å². The molecule has 0 spiro atoms. The number of benzene rings is 1. The lowest BCUT2D eigenvalue weighted by atomic mass is 10.1. The van der Waals surface area contributed by atoms with Crippen LogP contribution in [-0.4, -0.2) is 68.9 Å². The van der Waals surface area contributed by atoms with E-state index >= 15 is 0 Å². The Kier molecular flexibility index (Phi) is 7.94. The Bertz CT molecular complexity index is 737. The highest BCUT2D eigenvalue weighted by molar-refractivity contribution is 6.10. The summed E-state index contributed by atoms with van der Waals surface area (Å²) in [5.41, 5.74) is 1.18. The Morgan fingerprint density at radius 1 is 1.25 bits per heavy atom. The highest BCUT2D eigenvalue weighted by Crippen LogP contribution is 2.29. The largest absolute Gasteiger partial charge is 0.385 e. The summed E-state index contributed by atoms with van der Waals surface area (Å²) in [6, 6.07) is 7.01. The summed E-state index contributed by atoms with van der Waals surface area (Å²) in [4.78, 5) is 51.1. The predicted octanol–water partition coefficient (Wildman–Crippen LogP) is 0.363. The Morgan fingerprint density at radius 2 is 2.00 bits per heavy atom. The van der Waals surface area contributed by atoms with E-state index in [0.717, 1.165) is 0 Å². The summed E-state index contributed by atoms with van der Waals surface area (Å²) in [5, 5.41) is 5.42. The molecule has 1 aromatic rings. The third kappa shape index (κ3) is 6.05. The van der Waals surface area contributed by atoms with Gasteiger partial charge in [-0.1, -0.05) is 12.1 Å². The molecule has 4 amide bonds. The first-order valence-electron chi connectivity index (χ1n) is 9.11. The summed E-state index contributed by atoms with van der Waals surface area (Å²) < 4.78 is 4.90. The van der Waals surface area contributed by atoms with Crippen LogP contribution in [0.3, 0.4) is 0 Å². The molecule has 0 radical (unpaired) electrons. The zero-order valence-electron chi connectivity index (χ0n) is 16.2. The molecule has 2 rings (SSSR count). The maximum absolute atomic E-state index is 12.5. The van der Waals surface area contributed by atoms with Gasteiger partial charge in [0.25, 0.3) is 0 Å². The van der Waals surface area contributed by atoms with Gasteiger partial charge in [-0.15, -0.1) is 0 Å². The average Bonchev–Trinajstić information content (AvgIpc) is 2.68. The highest BCUT2D eigenvalue weighted by Gasteiger charge is 2.27. The van der Waals surface area contributed by atoms with Crippen LogP contribution in [0, 0.1) is 0 Å². The summed E-state index contributed by atoms with van der Waals surface area (Å²) in [7, 11) is 3.11. The molecule has 0 fully saturated rings. The molecule has 9 heteroatoms. The van der Waals surface area contributed by atoms with Crippen molar-refractivity contribution in [3.8, 4) is 0 Å². The lowest BCUT2D eigenvalue weighted by Crippen LogP contribution is -2.43. The van der Waals surface area contributed by atoms with Gasteiger partial charge < -0.3 is 25.2 Å². The lowest BCUT2D eigenvalue weighted by molar-refractivity contribution is -0.135. The molecule has 0 bridgehead atoms. The van der Waals surface area contributed by atoms with Crippen LogP contribution in [0.2, 0.25) is 0 Å². The standard InChI is InChI=1S/C19H26N4O5/c1-22(12-16(24)20-10-5-11-28-2)18(26)8-9-19(27)23-13-17(25)21-14-6-3-4-7-15(14)23/h3-4,6-7H,5,8-13H2,1-2H3,(H,20,24)(H,21,25). The monoisotopic (exact) mass is 390 g/mol. The van der Waals surface area contributed by atoms with Crippen molar-refractivity contribution in [1.29, 1.82) is 0 Å². The number of likely N-dealkylation sites (N-methyl/N-ethyl adjacent to an activating group) is 1. The Morgan fingerprint density at radius 3 is 2.75 bits per heavy atom. The van der Waals surface area contributed by atoms with Crippen LogP contribution < -0.4 is 15.5 Å². The van der Waals surface area contributed by atoms with Gasteiger partial charge >= 0.3 is 0 Å². The van der Waals surface area contributed by atoms with E-state index in [-0.39, 0.29) is 49.6 Å². The van der Waals surface area contributed by atoms with Gasteiger partial charge in [0, 0.05) is 40.2 Å². The van der Waals surface area contributed by atoms with Crippen LogP contribution in [0.25, 0.3) is 0 Å². The Balaban J connectivity index is 1.81. The van der Waals surface area contributed by atoms with Crippen LogP contribution in [0.1, 0.15) is 19.3 Å². The van der Waals surface area contributed by atoms with Gasteiger partial charge in [0.2, 0.25) is 23.6 Å². The van der Waals surface area contributed by atoms with Gasteiger partial charge in [-0.3, -0.25) is 19.2 Å². The molecule has 28 heavy (non-hydrogen) atoms. The number of amides is 4. The van der Waals surface area contributed by atoms with E-state index in [0.29, 0.717) is 30.9 Å². The van der Waals surface area contributed by atoms with Gasteiger partial charge in [0.1, 0.15) is 6.54 Å². The van der Waals surface area contributed by atoms with Crippen LogP contribution in [-0.2, 0) is 23.9 Å². The smallest absolute Gasteiger partial charge is 0.244 e. The van der Waals surface area contributed by atoms with Crippen LogP contribution in [0.5, 0.6) is 0 Å². The van der Waals surface area contributed by atoms with Crippen molar-refractivity contribution in [3.63, 3.8) is 0 Å². The zero-order chi connectivity index (χ0) is 20.5. The van der Waals surface area contributed by atoms with E-state index in [9.17, 15) is 19.2 Å². The van der Waals surface area contributed by atoms with E-state index in [1.807, 2.05) is 0 Å². The second-order valence-corrected chi connectivity index (χ2v) is 6.49. The molecule has 0 saturated carbocycles. The first-order chi connectivity index (χ1) is 13.4. The number of hydrogen-bond donors (Lipinski definition) is 2.